The second-order valence-corrected chi connectivity index (χ2v) is 5.75. The molecule has 0 radical (unpaired) electrons. The Balaban J connectivity index is 0.00000420. The number of methoxy groups -OCH3 is 5. The number of halogens is 1. The number of nitrogens with two attached hydrogens (primary N) is 1. The van der Waals surface area contributed by atoms with Gasteiger partial charge in [-0.2, -0.15) is 0 Å². The molecule has 2 aromatic rings. The van der Waals surface area contributed by atoms with E-state index < -0.39 is 0 Å². The van der Waals surface area contributed by atoms with E-state index in [-0.39, 0.29) is 24.0 Å². The van der Waals surface area contributed by atoms with Gasteiger partial charge in [-0.15, -0.1) is 24.0 Å². The highest BCUT2D eigenvalue weighted by molar-refractivity contribution is 14.0. The lowest BCUT2D eigenvalue weighted by molar-refractivity contribution is 0.354. The van der Waals surface area contributed by atoms with Crippen LogP contribution in [0.1, 0.15) is 11.1 Å². The lowest BCUT2D eigenvalue weighted by Gasteiger charge is -2.16. The molecular formula is C20H28IN3O5. The largest absolute Gasteiger partial charge is 0.496 e. The standard InChI is InChI=1S/C20H27N3O5.HI/c1-24-14-9-17(26-3)15(18(10-14)27-4)12-23-20(21)22-11-13-6-7-16(25-2)19(8-13)28-5;/h6-10H,11-12H2,1-5H3,(H3,21,22,23);1H. The van der Waals surface area contributed by atoms with Gasteiger partial charge < -0.3 is 34.7 Å². The summed E-state index contributed by atoms with van der Waals surface area (Å²) in [7, 11) is 7.96. The molecule has 0 bridgehead atoms. The average molecular weight is 517 g/mol. The molecule has 2 rings (SSSR count). The van der Waals surface area contributed by atoms with E-state index in [1.807, 2.05) is 18.2 Å². The van der Waals surface area contributed by atoms with Gasteiger partial charge in [0, 0.05) is 12.1 Å². The van der Waals surface area contributed by atoms with E-state index >= 15 is 0 Å². The van der Waals surface area contributed by atoms with Crippen LogP contribution in [0.5, 0.6) is 28.7 Å². The summed E-state index contributed by atoms with van der Waals surface area (Å²) in [5.74, 6) is 3.53. The zero-order valence-corrected chi connectivity index (χ0v) is 19.6. The minimum absolute atomic E-state index is 0. The molecule has 0 aliphatic carbocycles. The molecule has 0 aliphatic heterocycles. The zero-order chi connectivity index (χ0) is 20.5. The van der Waals surface area contributed by atoms with Crippen molar-refractivity contribution in [2.24, 2.45) is 10.7 Å². The Labute approximate surface area is 188 Å². The van der Waals surface area contributed by atoms with E-state index in [4.69, 9.17) is 29.4 Å². The molecule has 9 heteroatoms. The fraction of sp³-hybridized carbons (Fsp3) is 0.350. The van der Waals surface area contributed by atoms with Crippen LogP contribution in [-0.2, 0) is 13.1 Å². The van der Waals surface area contributed by atoms with E-state index in [0.717, 1.165) is 11.1 Å². The van der Waals surface area contributed by atoms with Gasteiger partial charge in [0.1, 0.15) is 17.2 Å². The van der Waals surface area contributed by atoms with Crippen LogP contribution in [0, 0.1) is 0 Å². The summed E-state index contributed by atoms with van der Waals surface area (Å²) in [5, 5.41) is 3.08. The number of nitrogens with one attached hydrogen (secondary N) is 1. The van der Waals surface area contributed by atoms with Crippen LogP contribution in [-0.4, -0.2) is 41.5 Å². The summed E-state index contributed by atoms with van der Waals surface area (Å²) < 4.78 is 26.7. The second-order valence-electron chi connectivity index (χ2n) is 5.75. The van der Waals surface area contributed by atoms with Crippen molar-refractivity contribution in [3.05, 3.63) is 41.5 Å². The van der Waals surface area contributed by atoms with E-state index in [1.165, 1.54) is 0 Å². The Bertz CT molecular complexity index is 805. The van der Waals surface area contributed by atoms with Gasteiger partial charge in [0.05, 0.1) is 54.2 Å². The van der Waals surface area contributed by atoms with Gasteiger partial charge in [0.15, 0.2) is 17.5 Å². The summed E-state index contributed by atoms with van der Waals surface area (Å²) in [6.07, 6.45) is 0. The fourth-order valence-electron chi connectivity index (χ4n) is 2.64. The highest BCUT2D eigenvalue weighted by Gasteiger charge is 2.13. The third-order valence-electron chi connectivity index (χ3n) is 4.14. The van der Waals surface area contributed by atoms with Crippen molar-refractivity contribution in [1.82, 2.24) is 5.32 Å². The first-order valence-electron chi connectivity index (χ1n) is 8.59. The Morgan fingerprint density at radius 3 is 1.93 bits per heavy atom. The molecule has 0 aromatic heterocycles. The summed E-state index contributed by atoms with van der Waals surface area (Å²) in [6, 6.07) is 9.19. The molecule has 0 unspecified atom stereocenters. The molecular weight excluding hydrogens is 489 g/mol. The number of hydrogen-bond acceptors (Lipinski definition) is 6. The molecule has 0 heterocycles. The third kappa shape index (κ3) is 6.48. The number of benzene rings is 2. The number of rotatable bonds is 9. The van der Waals surface area contributed by atoms with Gasteiger partial charge in [-0.1, -0.05) is 6.07 Å². The molecule has 2 aromatic carbocycles. The lowest BCUT2D eigenvalue weighted by Crippen LogP contribution is -2.31. The van der Waals surface area contributed by atoms with Crippen molar-refractivity contribution in [3.8, 4) is 28.7 Å². The number of aliphatic imine (C=N–C) groups is 1. The van der Waals surface area contributed by atoms with Crippen LogP contribution in [0.4, 0.5) is 0 Å². The molecule has 0 saturated carbocycles. The maximum Gasteiger partial charge on any atom is 0.189 e. The maximum absolute atomic E-state index is 6.01. The highest BCUT2D eigenvalue weighted by Crippen LogP contribution is 2.33. The molecule has 160 valence electrons. The lowest BCUT2D eigenvalue weighted by atomic mass is 10.1. The summed E-state index contributed by atoms with van der Waals surface area (Å²) in [5.41, 5.74) is 7.77. The fourth-order valence-corrected chi connectivity index (χ4v) is 2.64. The van der Waals surface area contributed by atoms with Crippen LogP contribution in [0.3, 0.4) is 0 Å². The molecule has 0 amide bonds. The van der Waals surface area contributed by atoms with Crippen molar-refractivity contribution >= 4 is 29.9 Å². The first-order valence-corrected chi connectivity index (χ1v) is 8.59. The highest BCUT2D eigenvalue weighted by atomic mass is 127. The van der Waals surface area contributed by atoms with Gasteiger partial charge in [0.25, 0.3) is 0 Å². The SMILES string of the molecule is COc1cc(OC)c(CNC(N)=NCc2ccc(OC)c(OC)c2)c(OC)c1.I. The molecule has 0 atom stereocenters. The van der Waals surface area contributed by atoms with Crippen molar-refractivity contribution in [2.75, 3.05) is 35.5 Å². The number of ether oxygens (including phenoxy) is 5. The Hall–Kier alpha value is -2.56. The van der Waals surface area contributed by atoms with E-state index in [1.54, 1.807) is 47.7 Å². The van der Waals surface area contributed by atoms with Gasteiger partial charge in [-0.3, -0.25) is 0 Å². The van der Waals surface area contributed by atoms with Gasteiger partial charge in [0.2, 0.25) is 0 Å². The van der Waals surface area contributed by atoms with Crippen molar-refractivity contribution in [1.29, 1.82) is 0 Å². The van der Waals surface area contributed by atoms with Gasteiger partial charge >= 0.3 is 0 Å². The van der Waals surface area contributed by atoms with E-state index in [2.05, 4.69) is 10.3 Å². The van der Waals surface area contributed by atoms with Crippen LogP contribution in [0.15, 0.2) is 35.3 Å². The normalized spacial score (nSPS) is 10.6. The zero-order valence-electron chi connectivity index (χ0n) is 17.3. The van der Waals surface area contributed by atoms with Crippen LogP contribution < -0.4 is 34.7 Å². The van der Waals surface area contributed by atoms with Gasteiger partial charge in [-0.25, -0.2) is 4.99 Å². The summed E-state index contributed by atoms with van der Waals surface area (Å²) >= 11 is 0. The van der Waals surface area contributed by atoms with E-state index in [0.29, 0.717) is 47.8 Å². The first-order chi connectivity index (χ1) is 13.6. The van der Waals surface area contributed by atoms with Crippen molar-refractivity contribution in [2.45, 2.75) is 13.1 Å². The number of nitrogens with zero attached hydrogens (tertiary/aromatic N) is 1. The quantitative estimate of drug-likeness (QED) is 0.300. The molecule has 3 N–H and O–H groups in total. The topological polar surface area (TPSA) is 96.6 Å². The van der Waals surface area contributed by atoms with Crippen molar-refractivity contribution in [3.63, 3.8) is 0 Å². The van der Waals surface area contributed by atoms with Crippen LogP contribution in [0.25, 0.3) is 0 Å². The molecule has 0 aliphatic rings. The monoisotopic (exact) mass is 517 g/mol. The molecule has 0 spiro atoms. The minimum atomic E-state index is 0. The van der Waals surface area contributed by atoms with Crippen LogP contribution in [0.2, 0.25) is 0 Å². The molecule has 0 fully saturated rings. The number of hydrogen-bond donors (Lipinski definition) is 2. The molecule has 29 heavy (non-hydrogen) atoms. The Morgan fingerprint density at radius 2 is 1.41 bits per heavy atom. The summed E-state index contributed by atoms with van der Waals surface area (Å²) in [6.45, 7) is 0.785. The van der Waals surface area contributed by atoms with E-state index in [9.17, 15) is 0 Å². The number of guanidine groups is 1. The second kappa shape index (κ2) is 12.1. The maximum atomic E-state index is 6.01. The predicted octanol–water partition coefficient (Wildman–Crippen LogP) is 2.95. The van der Waals surface area contributed by atoms with Crippen LogP contribution >= 0.6 is 24.0 Å². The van der Waals surface area contributed by atoms with Crippen molar-refractivity contribution < 1.29 is 23.7 Å². The Morgan fingerprint density at radius 1 is 0.828 bits per heavy atom. The predicted molar refractivity (Wildman–Crippen MR) is 123 cm³/mol. The summed E-state index contributed by atoms with van der Waals surface area (Å²) in [4.78, 5) is 4.37. The van der Waals surface area contributed by atoms with Gasteiger partial charge in [-0.05, 0) is 17.7 Å². The average Bonchev–Trinajstić information content (AvgIpc) is 2.75. The molecule has 0 saturated heterocycles. The third-order valence-corrected chi connectivity index (χ3v) is 4.14. The minimum Gasteiger partial charge on any atom is -0.496 e. The molecule has 8 nitrogen and oxygen atoms in total. The smallest absolute Gasteiger partial charge is 0.189 e. The Kier molecular flexibility index (Phi) is 10.2. The first kappa shape index (κ1) is 24.5.